The molecule has 4 rings (SSSR count). The number of hydrogen-bond acceptors (Lipinski definition) is 8. The molecule has 0 saturated carbocycles. The lowest BCUT2D eigenvalue weighted by atomic mass is 10.1. The number of aromatic nitrogens is 4. The topological polar surface area (TPSA) is 80.4 Å². The van der Waals surface area contributed by atoms with Crippen LogP contribution in [0.15, 0.2) is 35.0 Å². The van der Waals surface area contributed by atoms with Gasteiger partial charge in [-0.25, -0.2) is 9.37 Å². The van der Waals surface area contributed by atoms with Gasteiger partial charge < -0.3 is 14.2 Å². The third-order valence-corrected chi connectivity index (χ3v) is 5.19. The molecule has 1 aliphatic rings. The number of rotatable bonds is 5. The van der Waals surface area contributed by atoms with E-state index in [9.17, 15) is 4.39 Å². The molecule has 1 unspecified atom stereocenters. The van der Waals surface area contributed by atoms with Gasteiger partial charge >= 0.3 is 0 Å². The number of methoxy groups -OCH3 is 1. The van der Waals surface area contributed by atoms with Crippen LogP contribution in [0.3, 0.4) is 0 Å². The summed E-state index contributed by atoms with van der Waals surface area (Å²) in [7, 11) is 1.59. The maximum absolute atomic E-state index is 13.5. The maximum Gasteiger partial charge on any atom is 0.244 e. The molecule has 152 valence electrons. The van der Waals surface area contributed by atoms with Crippen LogP contribution in [-0.2, 0) is 0 Å². The summed E-state index contributed by atoms with van der Waals surface area (Å²) < 4.78 is 24.2. The molecule has 29 heavy (non-hydrogen) atoms. The molecular weight excluding hydrogens is 375 g/mol. The van der Waals surface area contributed by atoms with E-state index in [0.29, 0.717) is 29.1 Å². The van der Waals surface area contributed by atoms with Gasteiger partial charge in [0.05, 0.1) is 13.2 Å². The number of ether oxygens (including phenoxy) is 1. The van der Waals surface area contributed by atoms with Crippen molar-refractivity contribution in [2.75, 3.05) is 38.2 Å². The molecule has 0 bridgehead atoms. The number of nitrogens with zero attached hydrogens (tertiary/aromatic N) is 6. The second-order valence-corrected chi connectivity index (χ2v) is 7.02. The lowest BCUT2D eigenvalue weighted by molar-refractivity contribution is 0.163. The summed E-state index contributed by atoms with van der Waals surface area (Å²) >= 11 is 0. The minimum Gasteiger partial charge on any atom is -0.481 e. The quantitative estimate of drug-likeness (QED) is 0.649. The Morgan fingerprint density at radius 2 is 1.93 bits per heavy atom. The van der Waals surface area contributed by atoms with Gasteiger partial charge in [0.15, 0.2) is 0 Å². The smallest absolute Gasteiger partial charge is 0.244 e. The van der Waals surface area contributed by atoms with Gasteiger partial charge in [0.2, 0.25) is 23.5 Å². The molecule has 3 aromatic rings. The molecule has 3 heterocycles. The third-order valence-electron chi connectivity index (χ3n) is 5.19. The second kappa shape index (κ2) is 8.12. The molecule has 8 nitrogen and oxygen atoms in total. The number of anilines is 1. The van der Waals surface area contributed by atoms with Gasteiger partial charge in [-0.05, 0) is 37.6 Å². The lowest BCUT2D eigenvalue weighted by Crippen LogP contribution is -2.47. The maximum atomic E-state index is 13.5. The summed E-state index contributed by atoms with van der Waals surface area (Å²) in [5.41, 5.74) is 1.30. The molecule has 1 aromatic carbocycles. The van der Waals surface area contributed by atoms with E-state index in [1.165, 1.54) is 6.07 Å². The number of piperazine rings is 1. The first kappa shape index (κ1) is 19.3. The highest BCUT2D eigenvalue weighted by Crippen LogP contribution is 2.25. The minimum atomic E-state index is -0.247. The summed E-state index contributed by atoms with van der Waals surface area (Å²) in [5.74, 6) is 2.00. The summed E-state index contributed by atoms with van der Waals surface area (Å²) in [6.45, 7) is 6.97. The fourth-order valence-corrected chi connectivity index (χ4v) is 3.37. The van der Waals surface area contributed by atoms with Gasteiger partial charge in [-0.15, -0.1) is 0 Å². The zero-order valence-electron chi connectivity index (χ0n) is 16.7. The highest BCUT2D eigenvalue weighted by molar-refractivity contribution is 5.55. The van der Waals surface area contributed by atoms with Crippen molar-refractivity contribution in [2.24, 2.45) is 0 Å². The highest BCUT2D eigenvalue weighted by Gasteiger charge is 2.27. The Morgan fingerprint density at radius 1 is 1.14 bits per heavy atom. The average molecular weight is 398 g/mol. The molecule has 9 heteroatoms. The molecule has 2 aromatic heterocycles. The Balaban J connectivity index is 1.41. The van der Waals surface area contributed by atoms with Crippen molar-refractivity contribution in [3.8, 4) is 17.3 Å². The Hall–Kier alpha value is -3.07. The summed E-state index contributed by atoms with van der Waals surface area (Å²) in [6.07, 6.45) is 1.70. The molecule has 0 radical (unpaired) electrons. The number of hydrogen-bond donors (Lipinski definition) is 0. The molecular formula is C20H23FN6O2. The molecule has 1 atom stereocenters. The van der Waals surface area contributed by atoms with Crippen molar-refractivity contribution < 1.29 is 13.7 Å². The number of benzene rings is 1. The Kier molecular flexibility index (Phi) is 5.39. The summed E-state index contributed by atoms with van der Waals surface area (Å²) in [6, 6.07) is 6.52. The Morgan fingerprint density at radius 3 is 2.66 bits per heavy atom. The normalized spacial score (nSPS) is 16.1. The van der Waals surface area contributed by atoms with Crippen molar-refractivity contribution in [1.82, 2.24) is 25.0 Å². The van der Waals surface area contributed by atoms with Crippen LogP contribution < -0.4 is 9.64 Å². The minimum absolute atomic E-state index is 0.0221. The van der Waals surface area contributed by atoms with Crippen LogP contribution in [-0.4, -0.2) is 58.3 Å². The summed E-state index contributed by atoms with van der Waals surface area (Å²) in [4.78, 5) is 17.7. The van der Waals surface area contributed by atoms with Crippen LogP contribution in [0.1, 0.15) is 24.4 Å². The first-order chi connectivity index (χ1) is 14.0. The monoisotopic (exact) mass is 398 g/mol. The van der Waals surface area contributed by atoms with E-state index in [4.69, 9.17) is 9.26 Å². The van der Waals surface area contributed by atoms with E-state index in [-0.39, 0.29) is 11.9 Å². The van der Waals surface area contributed by atoms with Crippen molar-refractivity contribution in [1.29, 1.82) is 0 Å². The van der Waals surface area contributed by atoms with E-state index < -0.39 is 0 Å². The van der Waals surface area contributed by atoms with Crippen LogP contribution in [0.5, 0.6) is 5.88 Å². The van der Waals surface area contributed by atoms with Gasteiger partial charge in [0.25, 0.3) is 0 Å². The highest BCUT2D eigenvalue weighted by atomic mass is 19.1. The SMILES string of the molecule is COc1ccnc(N2CCN(C(C)c3nc(-c4ccc(F)c(C)c4)no3)CC2)n1. The second-order valence-electron chi connectivity index (χ2n) is 7.02. The standard InChI is InChI=1S/C20H23FN6O2/c1-13-12-15(4-5-16(13)21)18-24-19(29-25-18)14(2)26-8-10-27(11-9-26)20-22-7-6-17(23-20)28-3/h4-7,12,14H,8-11H2,1-3H3. The summed E-state index contributed by atoms with van der Waals surface area (Å²) in [5, 5.41) is 4.08. The molecule has 0 spiro atoms. The third kappa shape index (κ3) is 4.04. The van der Waals surface area contributed by atoms with E-state index >= 15 is 0 Å². The first-order valence-corrected chi connectivity index (χ1v) is 9.51. The van der Waals surface area contributed by atoms with Crippen LogP contribution in [0, 0.1) is 12.7 Å². The zero-order valence-corrected chi connectivity index (χ0v) is 16.7. The molecule has 0 N–H and O–H groups in total. The van der Waals surface area contributed by atoms with Gasteiger partial charge in [-0.1, -0.05) is 5.16 Å². The van der Waals surface area contributed by atoms with Gasteiger partial charge in [-0.3, -0.25) is 4.90 Å². The predicted molar refractivity (Wildman–Crippen MR) is 105 cm³/mol. The fourth-order valence-electron chi connectivity index (χ4n) is 3.37. The van der Waals surface area contributed by atoms with Crippen LogP contribution in [0.2, 0.25) is 0 Å². The van der Waals surface area contributed by atoms with E-state index in [0.717, 1.165) is 31.7 Å². The largest absolute Gasteiger partial charge is 0.481 e. The van der Waals surface area contributed by atoms with E-state index in [1.54, 1.807) is 38.4 Å². The Bertz CT molecular complexity index is 987. The lowest BCUT2D eigenvalue weighted by Gasteiger charge is -2.36. The number of aryl methyl sites for hydroxylation is 1. The van der Waals surface area contributed by atoms with Crippen molar-refractivity contribution in [3.05, 3.63) is 47.7 Å². The van der Waals surface area contributed by atoms with Crippen molar-refractivity contribution >= 4 is 5.95 Å². The van der Waals surface area contributed by atoms with Crippen LogP contribution >= 0.6 is 0 Å². The van der Waals surface area contributed by atoms with E-state index in [2.05, 4.69) is 29.9 Å². The first-order valence-electron chi connectivity index (χ1n) is 9.51. The van der Waals surface area contributed by atoms with Gasteiger partial charge in [-0.2, -0.15) is 9.97 Å². The van der Waals surface area contributed by atoms with E-state index in [1.807, 2.05) is 6.92 Å². The van der Waals surface area contributed by atoms with Crippen LogP contribution in [0.4, 0.5) is 10.3 Å². The molecule has 0 aliphatic carbocycles. The van der Waals surface area contributed by atoms with Crippen LogP contribution in [0.25, 0.3) is 11.4 Å². The predicted octanol–water partition coefficient (Wildman–Crippen LogP) is 2.87. The molecule has 1 saturated heterocycles. The van der Waals surface area contributed by atoms with Crippen molar-refractivity contribution in [2.45, 2.75) is 19.9 Å². The van der Waals surface area contributed by atoms with Crippen molar-refractivity contribution in [3.63, 3.8) is 0 Å². The average Bonchev–Trinajstić information content (AvgIpc) is 3.25. The number of halogens is 1. The molecule has 1 aliphatic heterocycles. The fraction of sp³-hybridized carbons (Fsp3) is 0.400. The Labute approximate surface area is 168 Å². The molecule has 0 amide bonds. The zero-order chi connectivity index (χ0) is 20.4. The van der Waals surface area contributed by atoms with Gasteiger partial charge in [0, 0.05) is 44.0 Å². The molecule has 1 fully saturated rings. The van der Waals surface area contributed by atoms with Gasteiger partial charge in [0.1, 0.15) is 5.82 Å².